The highest BCUT2D eigenvalue weighted by atomic mass is 16.5. The number of aromatic amines is 1. The van der Waals surface area contributed by atoms with E-state index in [1.165, 1.54) is 5.56 Å². The van der Waals surface area contributed by atoms with E-state index in [2.05, 4.69) is 11.1 Å². The smallest absolute Gasteiger partial charge is 0.226 e. The number of fused-ring (bicyclic) bond motifs is 4. The molecule has 1 aromatic heterocycles. The molecule has 7 heteroatoms. The molecular weight excluding hydrogens is 418 g/mol. The number of benzene rings is 1. The number of rotatable bonds is 5. The van der Waals surface area contributed by atoms with Gasteiger partial charge in [-0.1, -0.05) is 13.3 Å². The van der Waals surface area contributed by atoms with Crippen LogP contribution in [-0.2, 0) is 15.0 Å². The van der Waals surface area contributed by atoms with Gasteiger partial charge >= 0.3 is 0 Å². The predicted octanol–water partition coefficient (Wildman–Crippen LogP) is 3.51. The van der Waals surface area contributed by atoms with Crippen LogP contribution < -0.4 is 4.74 Å². The summed E-state index contributed by atoms with van der Waals surface area (Å²) >= 11 is 0. The number of aromatic nitrogens is 1. The van der Waals surface area contributed by atoms with Gasteiger partial charge in [0.15, 0.2) is 0 Å². The maximum Gasteiger partial charge on any atom is 0.226 e. The quantitative estimate of drug-likeness (QED) is 0.725. The van der Waals surface area contributed by atoms with Gasteiger partial charge in [0.2, 0.25) is 11.8 Å². The summed E-state index contributed by atoms with van der Waals surface area (Å²) in [6.45, 7) is 3.95. The lowest BCUT2D eigenvalue weighted by atomic mass is 9.67. The summed E-state index contributed by atoms with van der Waals surface area (Å²) in [7, 11) is 1.66. The number of aliphatic hydroxyl groups is 1. The zero-order valence-corrected chi connectivity index (χ0v) is 19.7. The van der Waals surface area contributed by atoms with Crippen LogP contribution in [0.5, 0.6) is 5.75 Å². The Labute approximate surface area is 195 Å². The van der Waals surface area contributed by atoms with E-state index >= 15 is 0 Å². The van der Waals surface area contributed by atoms with Crippen LogP contribution in [0.1, 0.15) is 69.2 Å². The Morgan fingerprint density at radius 2 is 2.00 bits per heavy atom. The number of nitrogens with one attached hydrogen (secondary N) is 1. The zero-order chi connectivity index (χ0) is 23.2. The van der Waals surface area contributed by atoms with Crippen molar-refractivity contribution >= 4 is 22.7 Å². The minimum Gasteiger partial charge on any atom is -0.497 e. The zero-order valence-electron chi connectivity index (χ0n) is 19.7. The van der Waals surface area contributed by atoms with Crippen molar-refractivity contribution in [3.05, 3.63) is 29.5 Å². The fraction of sp³-hybridized carbons (Fsp3) is 0.615. The monoisotopic (exact) mass is 453 g/mol. The molecular formula is C26H35N3O4. The number of hydrogen-bond acceptors (Lipinski definition) is 4. The first-order valence-corrected chi connectivity index (χ1v) is 12.4. The van der Waals surface area contributed by atoms with Gasteiger partial charge in [-0.15, -0.1) is 0 Å². The summed E-state index contributed by atoms with van der Waals surface area (Å²) in [4.78, 5) is 33.5. The van der Waals surface area contributed by atoms with E-state index in [0.717, 1.165) is 60.9 Å². The minimum absolute atomic E-state index is 0.0772. The topological polar surface area (TPSA) is 85.9 Å². The molecule has 2 fully saturated rings. The lowest BCUT2D eigenvalue weighted by molar-refractivity contribution is -0.145. The number of aliphatic hydroxyl groups excluding tert-OH is 1. The van der Waals surface area contributed by atoms with E-state index in [-0.39, 0.29) is 35.8 Å². The van der Waals surface area contributed by atoms with Crippen molar-refractivity contribution < 1.29 is 19.4 Å². The summed E-state index contributed by atoms with van der Waals surface area (Å²) in [6.07, 6.45) is 6.07. The molecule has 0 bridgehead atoms. The molecule has 2 aromatic rings. The van der Waals surface area contributed by atoms with E-state index in [9.17, 15) is 14.7 Å². The number of methoxy groups -OCH3 is 1. The average Bonchev–Trinajstić information content (AvgIpc) is 3.18. The first-order chi connectivity index (χ1) is 16.0. The molecule has 1 spiro atoms. The Bertz CT molecular complexity index is 1050. The molecule has 1 aliphatic carbocycles. The summed E-state index contributed by atoms with van der Waals surface area (Å²) in [5.74, 6) is 1.25. The molecule has 3 aliphatic rings. The van der Waals surface area contributed by atoms with Crippen molar-refractivity contribution in [1.29, 1.82) is 0 Å². The Balaban J connectivity index is 1.58. The van der Waals surface area contributed by atoms with Crippen molar-refractivity contribution in [2.75, 3.05) is 33.4 Å². The van der Waals surface area contributed by atoms with Gasteiger partial charge in [0.05, 0.1) is 19.8 Å². The number of likely N-dealkylation sites (tertiary alicyclic amines) is 1. The fourth-order valence-corrected chi connectivity index (χ4v) is 6.09. The Kier molecular flexibility index (Phi) is 5.85. The minimum atomic E-state index is -0.364. The van der Waals surface area contributed by atoms with Crippen LogP contribution in [0.2, 0.25) is 0 Å². The molecule has 3 heterocycles. The fourth-order valence-electron chi connectivity index (χ4n) is 6.09. The molecule has 5 rings (SSSR count). The van der Waals surface area contributed by atoms with Gasteiger partial charge in [-0.25, -0.2) is 0 Å². The second kappa shape index (κ2) is 8.67. The standard InChI is InChI=1S/C26H35N3O4/c1-3-5-22(31)28-12-10-26(11-13-28)16-29(25(32)17-6-4-7-17)21(15-30)24-23(26)19-9-8-18(33-2)14-20(19)27-24/h8-9,14,17,21,27,30H,3-7,10-13,15-16H2,1-2H3/t21-/m1/s1. The lowest BCUT2D eigenvalue weighted by Crippen LogP contribution is -2.57. The van der Waals surface area contributed by atoms with E-state index < -0.39 is 0 Å². The third-order valence-electron chi connectivity index (χ3n) is 8.20. The third-order valence-corrected chi connectivity index (χ3v) is 8.20. The van der Waals surface area contributed by atoms with Crippen LogP contribution in [0, 0.1) is 5.92 Å². The number of piperidine rings is 1. The van der Waals surface area contributed by atoms with Crippen molar-refractivity contribution in [2.45, 2.75) is 63.3 Å². The van der Waals surface area contributed by atoms with Gasteiger partial charge in [0.25, 0.3) is 0 Å². The van der Waals surface area contributed by atoms with E-state index in [1.54, 1.807) is 7.11 Å². The van der Waals surface area contributed by atoms with Gasteiger partial charge in [0, 0.05) is 60.1 Å². The first kappa shape index (κ1) is 22.3. The van der Waals surface area contributed by atoms with Crippen molar-refractivity contribution in [2.24, 2.45) is 5.92 Å². The number of amides is 2. The van der Waals surface area contributed by atoms with E-state index in [4.69, 9.17) is 4.74 Å². The number of nitrogens with zero attached hydrogens (tertiary/aromatic N) is 2. The molecule has 2 amide bonds. The SMILES string of the molecule is CCCC(=O)N1CCC2(CC1)CN(C(=O)C1CCC1)[C@H](CO)c1[nH]c3cc(OC)ccc3c12. The van der Waals surface area contributed by atoms with Gasteiger partial charge in [0.1, 0.15) is 5.75 Å². The second-order valence-electron chi connectivity index (χ2n) is 10.0. The molecule has 2 N–H and O–H groups in total. The molecule has 0 radical (unpaired) electrons. The summed E-state index contributed by atoms with van der Waals surface area (Å²) in [5.41, 5.74) is 2.92. The maximum absolute atomic E-state index is 13.5. The summed E-state index contributed by atoms with van der Waals surface area (Å²) in [5, 5.41) is 11.6. The van der Waals surface area contributed by atoms with Gasteiger partial charge in [-0.05, 0) is 49.8 Å². The number of H-pyrrole nitrogens is 1. The van der Waals surface area contributed by atoms with Crippen molar-refractivity contribution in [3.63, 3.8) is 0 Å². The normalized spacial score (nSPS) is 22.3. The Morgan fingerprint density at radius 3 is 2.61 bits per heavy atom. The third kappa shape index (κ3) is 3.61. The number of ether oxygens (including phenoxy) is 1. The van der Waals surface area contributed by atoms with Gasteiger partial charge in [-0.2, -0.15) is 0 Å². The van der Waals surface area contributed by atoms with Gasteiger partial charge < -0.3 is 24.6 Å². The summed E-state index contributed by atoms with van der Waals surface area (Å²) < 4.78 is 5.44. The highest BCUT2D eigenvalue weighted by Crippen LogP contribution is 2.50. The molecule has 1 saturated heterocycles. The predicted molar refractivity (Wildman–Crippen MR) is 126 cm³/mol. The van der Waals surface area contributed by atoms with E-state index in [1.807, 2.05) is 28.9 Å². The van der Waals surface area contributed by atoms with Crippen molar-refractivity contribution in [3.8, 4) is 5.75 Å². The van der Waals surface area contributed by atoms with Gasteiger partial charge in [-0.3, -0.25) is 9.59 Å². The number of carbonyl (C=O) groups excluding carboxylic acids is 2. The molecule has 33 heavy (non-hydrogen) atoms. The highest BCUT2D eigenvalue weighted by molar-refractivity contribution is 5.89. The molecule has 0 unspecified atom stereocenters. The number of hydrogen-bond donors (Lipinski definition) is 2. The molecule has 178 valence electrons. The van der Waals surface area contributed by atoms with Crippen LogP contribution in [0.4, 0.5) is 0 Å². The van der Waals surface area contributed by atoms with Crippen LogP contribution in [0.15, 0.2) is 18.2 Å². The highest BCUT2D eigenvalue weighted by Gasteiger charge is 2.50. The molecule has 1 aromatic carbocycles. The molecule has 1 atom stereocenters. The largest absolute Gasteiger partial charge is 0.497 e. The van der Waals surface area contributed by atoms with Crippen molar-refractivity contribution in [1.82, 2.24) is 14.8 Å². The van der Waals surface area contributed by atoms with Crippen LogP contribution in [-0.4, -0.2) is 65.1 Å². The summed E-state index contributed by atoms with van der Waals surface area (Å²) in [6, 6.07) is 5.70. The lowest BCUT2D eigenvalue weighted by Gasteiger charge is -2.51. The second-order valence-corrected chi connectivity index (χ2v) is 10.0. The van der Waals surface area contributed by atoms with Crippen LogP contribution in [0.3, 0.4) is 0 Å². The maximum atomic E-state index is 13.5. The first-order valence-electron chi connectivity index (χ1n) is 12.4. The van der Waals surface area contributed by atoms with E-state index in [0.29, 0.717) is 26.1 Å². The molecule has 1 saturated carbocycles. The molecule has 7 nitrogen and oxygen atoms in total. The molecule has 2 aliphatic heterocycles. The Morgan fingerprint density at radius 1 is 1.24 bits per heavy atom. The average molecular weight is 454 g/mol. The van der Waals surface area contributed by atoms with Crippen LogP contribution in [0.25, 0.3) is 10.9 Å². The van der Waals surface area contributed by atoms with Crippen LogP contribution >= 0.6 is 0 Å². The Hall–Kier alpha value is -2.54. The number of carbonyl (C=O) groups is 2.